The monoisotopic (exact) mass is 471 g/mol. The topological polar surface area (TPSA) is 69.6 Å². The predicted octanol–water partition coefficient (Wildman–Crippen LogP) is 4.83. The van der Waals surface area contributed by atoms with Crippen LogP contribution in [0.25, 0.3) is 10.1 Å². The van der Waals surface area contributed by atoms with Gasteiger partial charge in [-0.05, 0) is 47.1 Å². The summed E-state index contributed by atoms with van der Waals surface area (Å²) in [6.07, 6.45) is 0.696. The first-order valence-corrected chi connectivity index (χ1v) is 12.6. The number of hydrogen-bond acceptors (Lipinski definition) is 4. The van der Waals surface area contributed by atoms with Gasteiger partial charge in [-0.1, -0.05) is 72.8 Å². The zero-order valence-corrected chi connectivity index (χ0v) is 19.7. The summed E-state index contributed by atoms with van der Waals surface area (Å²) in [5.41, 5.74) is 3.11. The molecule has 0 aliphatic heterocycles. The van der Waals surface area contributed by atoms with Crippen molar-refractivity contribution in [3.05, 3.63) is 106 Å². The Hall–Kier alpha value is -2.99. The lowest BCUT2D eigenvalue weighted by molar-refractivity contribution is -0.127. The molecule has 1 amide bonds. The van der Waals surface area contributed by atoms with Crippen LogP contribution in [0, 0.1) is 5.92 Å². The molecule has 5 rings (SSSR count). The van der Waals surface area contributed by atoms with Crippen molar-refractivity contribution >= 4 is 27.3 Å². The van der Waals surface area contributed by atoms with Gasteiger partial charge < -0.3 is 15.5 Å². The predicted molar refractivity (Wildman–Crippen MR) is 137 cm³/mol. The molecule has 34 heavy (non-hydrogen) atoms. The SMILES string of the molecule is O=C(N[C@H]1c2ccccc2C[C@H]1O)[C@H](Cc1ccccc1)C[C@@H](O)Cc1cc2ccccc2s1. The molecule has 5 heteroatoms. The number of benzene rings is 3. The third-order valence-electron chi connectivity index (χ3n) is 6.67. The number of nitrogens with one attached hydrogen (secondary N) is 1. The number of fused-ring (bicyclic) bond motifs is 2. The molecule has 0 fully saturated rings. The zero-order valence-electron chi connectivity index (χ0n) is 18.9. The van der Waals surface area contributed by atoms with E-state index < -0.39 is 24.2 Å². The highest BCUT2D eigenvalue weighted by Crippen LogP contribution is 2.32. The summed E-state index contributed by atoms with van der Waals surface area (Å²) in [6, 6.07) is 27.7. The number of aliphatic hydroxyl groups is 2. The summed E-state index contributed by atoms with van der Waals surface area (Å²) in [6.45, 7) is 0. The van der Waals surface area contributed by atoms with Gasteiger partial charge in [0.1, 0.15) is 0 Å². The molecule has 3 N–H and O–H groups in total. The van der Waals surface area contributed by atoms with Gasteiger partial charge in [0.15, 0.2) is 0 Å². The van der Waals surface area contributed by atoms with Crippen LogP contribution in [0.1, 0.15) is 34.0 Å². The van der Waals surface area contributed by atoms with Crippen LogP contribution in [0.15, 0.2) is 84.9 Å². The number of aliphatic hydroxyl groups excluding tert-OH is 2. The fraction of sp³-hybridized carbons (Fsp3) is 0.276. The molecule has 1 aliphatic carbocycles. The molecular formula is C29H29NO3S. The van der Waals surface area contributed by atoms with Gasteiger partial charge in [-0.25, -0.2) is 0 Å². The Morgan fingerprint density at radius 1 is 0.971 bits per heavy atom. The summed E-state index contributed by atoms with van der Waals surface area (Å²) < 4.78 is 1.21. The summed E-state index contributed by atoms with van der Waals surface area (Å²) >= 11 is 1.69. The maximum absolute atomic E-state index is 13.5. The molecule has 0 spiro atoms. The van der Waals surface area contributed by atoms with Crippen molar-refractivity contribution in [3.63, 3.8) is 0 Å². The molecule has 0 bridgehead atoms. The highest BCUT2D eigenvalue weighted by molar-refractivity contribution is 7.19. The normalized spacial score (nSPS) is 19.0. The number of thiophene rings is 1. The van der Waals surface area contributed by atoms with Crippen molar-refractivity contribution in [1.29, 1.82) is 0 Å². The van der Waals surface area contributed by atoms with Gasteiger partial charge in [-0.3, -0.25) is 4.79 Å². The van der Waals surface area contributed by atoms with Gasteiger partial charge in [-0.15, -0.1) is 11.3 Å². The smallest absolute Gasteiger partial charge is 0.224 e. The van der Waals surface area contributed by atoms with Crippen molar-refractivity contribution in [2.45, 2.75) is 43.9 Å². The lowest BCUT2D eigenvalue weighted by Crippen LogP contribution is -2.39. The molecule has 1 aliphatic rings. The van der Waals surface area contributed by atoms with E-state index in [9.17, 15) is 15.0 Å². The molecule has 4 nitrogen and oxygen atoms in total. The third-order valence-corrected chi connectivity index (χ3v) is 7.81. The van der Waals surface area contributed by atoms with Crippen LogP contribution in [0.2, 0.25) is 0 Å². The van der Waals surface area contributed by atoms with Gasteiger partial charge in [0.05, 0.1) is 18.2 Å². The van der Waals surface area contributed by atoms with E-state index in [1.807, 2.05) is 66.7 Å². The van der Waals surface area contributed by atoms with Gasteiger partial charge in [-0.2, -0.15) is 0 Å². The number of amides is 1. The van der Waals surface area contributed by atoms with E-state index in [1.165, 1.54) is 10.1 Å². The first-order valence-electron chi connectivity index (χ1n) is 11.8. The number of carbonyl (C=O) groups is 1. The second-order valence-electron chi connectivity index (χ2n) is 9.19. The van der Waals surface area contributed by atoms with E-state index in [-0.39, 0.29) is 5.91 Å². The second kappa shape index (κ2) is 10.1. The summed E-state index contributed by atoms with van der Waals surface area (Å²) in [7, 11) is 0. The van der Waals surface area contributed by atoms with E-state index in [0.717, 1.165) is 21.6 Å². The number of rotatable bonds is 8. The van der Waals surface area contributed by atoms with Crippen molar-refractivity contribution in [1.82, 2.24) is 5.32 Å². The van der Waals surface area contributed by atoms with Crippen LogP contribution < -0.4 is 5.32 Å². The van der Waals surface area contributed by atoms with Crippen LogP contribution in [0.5, 0.6) is 0 Å². The zero-order chi connectivity index (χ0) is 23.5. The number of hydrogen-bond donors (Lipinski definition) is 3. The van der Waals surface area contributed by atoms with Crippen molar-refractivity contribution < 1.29 is 15.0 Å². The molecule has 0 radical (unpaired) electrons. The fourth-order valence-electron chi connectivity index (χ4n) is 4.98. The molecule has 4 aromatic rings. The Labute approximate surface area is 203 Å². The van der Waals surface area contributed by atoms with Crippen LogP contribution >= 0.6 is 11.3 Å². The highest BCUT2D eigenvalue weighted by atomic mass is 32.1. The molecular weight excluding hydrogens is 442 g/mol. The molecule has 1 aromatic heterocycles. The molecule has 3 aromatic carbocycles. The van der Waals surface area contributed by atoms with Gasteiger partial charge in [0.25, 0.3) is 0 Å². The molecule has 174 valence electrons. The van der Waals surface area contributed by atoms with Crippen LogP contribution in [0.4, 0.5) is 0 Å². The standard InChI is InChI=1S/C29H29NO3S/c31-23(18-24-16-21-11-5-7-13-27(21)34-24)15-22(14-19-8-2-1-3-9-19)29(33)30-28-25-12-6-4-10-20(25)17-26(28)32/h1-13,16,22-23,26,28,31-32H,14-15,17-18H2,(H,30,33)/t22-,23-,26-,28+/m1/s1. The summed E-state index contributed by atoms with van der Waals surface area (Å²) in [5.74, 6) is -0.522. The average Bonchev–Trinajstić information content (AvgIpc) is 3.39. The van der Waals surface area contributed by atoms with Crippen molar-refractivity contribution in [2.75, 3.05) is 0 Å². The van der Waals surface area contributed by atoms with Crippen molar-refractivity contribution in [2.24, 2.45) is 5.92 Å². The fourth-order valence-corrected chi connectivity index (χ4v) is 6.12. The second-order valence-corrected chi connectivity index (χ2v) is 10.4. The van der Waals surface area contributed by atoms with Crippen LogP contribution in [-0.4, -0.2) is 28.3 Å². The minimum atomic E-state index is -0.637. The molecule has 0 saturated heterocycles. The maximum Gasteiger partial charge on any atom is 0.224 e. The summed E-state index contributed by atoms with van der Waals surface area (Å²) in [4.78, 5) is 14.6. The first kappa shape index (κ1) is 22.8. The Morgan fingerprint density at radius 2 is 1.71 bits per heavy atom. The van der Waals surface area contributed by atoms with Gasteiger partial charge in [0, 0.05) is 28.3 Å². The Morgan fingerprint density at radius 3 is 2.53 bits per heavy atom. The van der Waals surface area contributed by atoms with E-state index in [1.54, 1.807) is 11.3 Å². The average molecular weight is 472 g/mol. The molecule has 4 atom stereocenters. The molecule has 0 unspecified atom stereocenters. The Bertz CT molecular complexity index is 1240. The van der Waals surface area contributed by atoms with Crippen LogP contribution in [-0.2, 0) is 24.1 Å². The van der Waals surface area contributed by atoms with Crippen molar-refractivity contribution in [3.8, 4) is 0 Å². The van der Waals surface area contributed by atoms with Crippen LogP contribution in [0.3, 0.4) is 0 Å². The highest BCUT2D eigenvalue weighted by Gasteiger charge is 2.34. The molecule has 1 heterocycles. The summed E-state index contributed by atoms with van der Waals surface area (Å²) in [5, 5.41) is 25.9. The lowest BCUT2D eigenvalue weighted by atomic mass is 9.91. The Balaban J connectivity index is 1.32. The quantitative estimate of drug-likeness (QED) is 0.345. The van der Waals surface area contributed by atoms with Gasteiger partial charge >= 0.3 is 0 Å². The van der Waals surface area contributed by atoms with E-state index >= 15 is 0 Å². The third kappa shape index (κ3) is 5.07. The van der Waals surface area contributed by atoms with E-state index in [0.29, 0.717) is 25.7 Å². The minimum Gasteiger partial charge on any atom is -0.393 e. The maximum atomic E-state index is 13.5. The Kier molecular flexibility index (Phi) is 6.77. The molecule has 0 saturated carbocycles. The van der Waals surface area contributed by atoms with E-state index in [2.05, 4.69) is 23.5 Å². The van der Waals surface area contributed by atoms with Gasteiger partial charge in [0.2, 0.25) is 5.91 Å². The van der Waals surface area contributed by atoms with E-state index in [4.69, 9.17) is 0 Å². The lowest BCUT2D eigenvalue weighted by Gasteiger charge is -2.24. The largest absolute Gasteiger partial charge is 0.393 e. The minimum absolute atomic E-state index is 0.125. The first-order chi connectivity index (χ1) is 16.6. The number of carbonyl (C=O) groups excluding carboxylic acids is 1.